The number of nitrogens with one attached hydrogen (secondary N) is 2. The van der Waals surface area contributed by atoms with Gasteiger partial charge in [-0.25, -0.2) is 4.98 Å². The molecule has 0 aliphatic rings. The van der Waals surface area contributed by atoms with E-state index >= 15 is 0 Å². The molecule has 0 radical (unpaired) electrons. The predicted molar refractivity (Wildman–Crippen MR) is 95.9 cm³/mol. The molecule has 132 valence electrons. The number of nitro groups is 1. The minimum atomic E-state index is -0.565. The molecule has 0 spiro atoms. The van der Waals surface area contributed by atoms with Crippen LogP contribution in [0.4, 0.5) is 15.8 Å². The fourth-order valence-electron chi connectivity index (χ4n) is 2.19. The lowest BCUT2D eigenvalue weighted by atomic mass is 10.0. The van der Waals surface area contributed by atoms with Crippen LogP contribution in [-0.4, -0.2) is 21.7 Å². The Hall–Kier alpha value is -2.81. The van der Waals surface area contributed by atoms with E-state index in [1.54, 1.807) is 24.3 Å². The topological polar surface area (TPSA) is 114 Å². The smallest absolute Gasteiger partial charge is 0.326 e. The molecule has 0 aliphatic heterocycles. The first-order valence-electron chi connectivity index (χ1n) is 7.77. The van der Waals surface area contributed by atoms with Crippen LogP contribution in [0, 0.1) is 16.0 Å². The molecule has 1 heterocycles. The maximum Gasteiger partial charge on any atom is 0.345 e. The van der Waals surface area contributed by atoms with Crippen molar-refractivity contribution in [1.29, 1.82) is 0 Å². The summed E-state index contributed by atoms with van der Waals surface area (Å²) < 4.78 is 0. The van der Waals surface area contributed by atoms with Gasteiger partial charge in [0.1, 0.15) is 6.20 Å². The number of carbonyl (C=O) groups excluding carboxylic acids is 2. The van der Waals surface area contributed by atoms with Crippen molar-refractivity contribution in [2.75, 3.05) is 10.6 Å². The van der Waals surface area contributed by atoms with Gasteiger partial charge in [-0.2, -0.15) is 0 Å². The normalized spacial score (nSPS) is 10.5. The SMILES string of the molecule is CCC(CC)C(=O)Nc1ccc(C(=O)Nc2ncc([N+](=O)[O-])s2)cc1. The van der Waals surface area contributed by atoms with E-state index in [1.165, 1.54) is 0 Å². The molecule has 1 aromatic carbocycles. The summed E-state index contributed by atoms with van der Waals surface area (Å²) in [5, 5.41) is 16.0. The van der Waals surface area contributed by atoms with Gasteiger partial charge in [0.25, 0.3) is 5.91 Å². The summed E-state index contributed by atoms with van der Waals surface area (Å²) in [6, 6.07) is 6.42. The third-order valence-electron chi connectivity index (χ3n) is 3.66. The number of aromatic nitrogens is 1. The van der Waals surface area contributed by atoms with Crippen LogP contribution in [0.25, 0.3) is 0 Å². The van der Waals surface area contributed by atoms with Crippen LogP contribution in [0.15, 0.2) is 30.5 Å². The molecule has 2 aromatic rings. The zero-order chi connectivity index (χ0) is 18.4. The maximum absolute atomic E-state index is 12.1. The van der Waals surface area contributed by atoms with E-state index in [1.807, 2.05) is 13.8 Å². The second kappa shape index (κ2) is 8.34. The Labute approximate surface area is 148 Å². The van der Waals surface area contributed by atoms with E-state index < -0.39 is 10.8 Å². The number of hydrogen-bond donors (Lipinski definition) is 2. The van der Waals surface area contributed by atoms with Crippen molar-refractivity contribution < 1.29 is 14.5 Å². The van der Waals surface area contributed by atoms with Crippen molar-refractivity contribution in [3.05, 3.63) is 46.1 Å². The summed E-state index contributed by atoms with van der Waals surface area (Å²) in [5.41, 5.74) is 0.969. The summed E-state index contributed by atoms with van der Waals surface area (Å²) in [7, 11) is 0. The van der Waals surface area contributed by atoms with Crippen molar-refractivity contribution in [2.24, 2.45) is 5.92 Å². The zero-order valence-corrected chi connectivity index (χ0v) is 14.6. The highest BCUT2D eigenvalue weighted by Gasteiger charge is 2.16. The van der Waals surface area contributed by atoms with Crippen LogP contribution >= 0.6 is 11.3 Å². The van der Waals surface area contributed by atoms with Gasteiger partial charge in [0.15, 0.2) is 5.13 Å². The standard InChI is InChI=1S/C16H18N4O4S/c1-3-10(4-2)14(21)18-12-7-5-11(6-8-12)15(22)19-16-17-9-13(25-16)20(23)24/h5-10H,3-4H2,1-2H3,(H,18,21)(H,17,19,22). The van der Waals surface area contributed by atoms with Crippen molar-refractivity contribution in [1.82, 2.24) is 4.98 Å². The third-order valence-corrected chi connectivity index (χ3v) is 4.53. The monoisotopic (exact) mass is 362 g/mol. The number of amides is 2. The lowest BCUT2D eigenvalue weighted by Gasteiger charge is -2.12. The molecule has 8 nitrogen and oxygen atoms in total. The van der Waals surface area contributed by atoms with Gasteiger partial charge in [-0.05, 0) is 48.4 Å². The minimum Gasteiger partial charge on any atom is -0.326 e. The Kier molecular flexibility index (Phi) is 6.18. The Morgan fingerprint density at radius 2 is 1.84 bits per heavy atom. The van der Waals surface area contributed by atoms with Gasteiger partial charge in [-0.3, -0.25) is 25.0 Å². The Morgan fingerprint density at radius 3 is 2.36 bits per heavy atom. The molecule has 1 aromatic heterocycles. The molecule has 0 aliphatic carbocycles. The molecule has 2 rings (SSSR count). The van der Waals surface area contributed by atoms with Gasteiger partial charge >= 0.3 is 5.00 Å². The predicted octanol–water partition coefficient (Wildman–Crippen LogP) is 3.68. The van der Waals surface area contributed by atoms with E-state index in [-0.39, 0.29) is 22.0 Å². The molecule has 0 unspecified atom stereocenters. The quantitative estimate of drug-likeness (QED) is 0.576. The van der Waals surface area contributed by atoms with Gasteiger partial charge in [0.2, 0.25) is 5.91 Å². The van der Waals surface area contributed by atoms with Crippen molar-refractivity contribution >= 4 is 39.0 Å². The van der Waals surface area contributed by atoms with Crippen LogP contribution in [0.2, 0.25) is 0 Å². The van der Waals surface area contributed by atoms with E-state index in [0.29, 0.717) is 11.3 Å². The van der Waals surface area contributed by atoms with Crippen LogP contribution in [0.5, 0.6) is 0 Å². The van der Waals surface area contributed by atoms with E-state index in [0.717, 1.165) is 30.4 Å². The van der Waals surface area contributed by atoms with Crippen LogP contribution in [0.1, 0.15) is 37.0 Å². The minimum absolute atomic E-state index is 0.0383. The Bertz CT molecular complexity index is 769. The summed E-state index contributed by atoms with van der Waals surface area (Å²) in [5.74, 6) is -0.511. The van der Waals surface area contributed by atoms with Crippen molar-refractivity contribution in [3.63, 3.8) is 0 Å². The zero-order valence-electron chi connectivity index (χ0n) is 13.8. The summed E-state index contributed by atoms with van der Waals surface area (Å²) in [6.45, 7) is 3.92. The highest BCUT2D eigenvalue weighted by atomic mass is 32.1. The van der Waals surface area contributed by atoms with Crippen molar-refractivity contribution in [3.8, 4) is 0 Å². The number of rotatable bonds is 7. The molecule has 25 heavy (non-hydrogen) atoms. The van der Waals surface area contributed by atoms with Crippen LogP contribution in [-0.2, 0) is 4.79 Å². The fraction of sp³-hybridized carbons (Fsp3) is 0.312. The molecule has 2 amide bonds. The largest absolute Gasteiger partial charge is 0.345 e. The highest BCUT2D eigenvalue weighted by molar-refractivity contribution is 7.18. The summed E-state index contributed by atoms with van der Waals surface area (Å²) >= 11 is 0.785. The Morgan fingerprint density at radius 1 is 1.20 bits per heavy atom. The maximum atomic E-state index is 12.1. The van der Waals surface area contributed by atoms with E-state index in [9.17, 15) is 19.7 Å². The van der Waals surface area contributed by atoms with Gasteiger partial charge in [-0.1, -0.05) is 13.8 Å². The fourth-order valence-corrected chi connectivity index (χ4v) is 2.81. The second-order valence-electron chi connectivity index (χ2n) is 5.29. The summed E-state index contributed by atoms with van der Waals surface area (Å²) in [4.78, 5) is 38.0. The molecule has 0 saturated carbocycles. The van der Waals surface area contributed by atoms with Gasteiger partial charge < -0.3 is 5.32 Å². The average molecular weight is 362 g/mol. The molecule has 9 heteroatoms. The number of thiazole rings is 1. The second-order valence-corrected chi connectivity index (χ2v) is 6.30. The van der Waals surface area contributed by atoms with Gasteiger partial charge in [-0.15, -0.1) is 0 Å². The number of carbonyl (C=O) groups is 2. The first-order chi connectivity index (χ1) is 11.9. The molecule has 2 N–H and O–H groups in total. The van der Waals surface area contributed by atoms with Crippen LogP contribution in [0.3, 0.4) is 0 Å². The number of nitrogens with zero attached hydrogens (tertiary/aromatic N) is 2. The Balaban J connectivity index is 1.99. The molecule has 0 atom stereocenters. The van der Waals surface area contributed by atoms with Gasteiger partial charge in [0, 0.05) is 17.2 Å². The number of hydrogen-bond acceptors (Lipinski definition) is 6. The highest BCUT2D eigenvalue weighted by Crippen LogP contribution is 2.25. The van der Waals surface area contributed by atoms with Gasteiger partial charge in [0.05, 0.1) is 4.92 Å². The molecule has 0 fully saturated rings. The van der Waals surface area contributed by atoms with Crippen molar-refractivity contribution in [2.45, 2.75) is 26.7 Å². The third kappa shape index (κ3) is 4.83. The molecular formula is C16H18N4O4S. The average Bonchev–Trinajstić information content (AvgIpc) is 3.05. The van der Waals surface area contributed by atoms with E-state index in [4.69, 9.17) is 0 Å². The first kappa shape index (κ1) is 18.5. The number of anilines is 2. The molecular weight excluding hydrogens is 344 g/mol. The molecule has 0 saturated heterocycles. The van der Waals surface area contributed by atoms with Crippen LogP contribution < -0.4 is 10.6 Å². The number of benzene rings is 1. The van der Waals surface area contributed by atoms with E-state index in [2.05, 4.69) is 15.6 Å². The summed E-state index contributed by atoms with van der Waals surface area (Å²) in [6.07, 6.45) is 2.63. The first-order valence-corrected chi connectivity index (χ1v) is 8.58. The lowest BCUT2D eigenvalue weighted by Crippen LogP contribution is -2.21. The lowest BCUT2D eigenvalue weighted by molar-refractivity contribution is -0.380. The molecule has 0 bridgehead atoms.